The van der Waals surface area contributed by atoms with Gasteiger partial charge in [-0.25, -0.2) is 0 Å². The lowest BCUT2D eigenvalue weighted by atomic mass is 10.1. The van der Waals surface area contributed by atoms with E-state index in [-0.39, 0.29) is 11.9 Å². The Morgan fingerprint density at radius 3 is 2.73 bits per heavy atom. The van der Waals surface area contributed by atoms with Crippen molar-refractivity contribution >= 4 is 5.84 Å². The number of nitrogens with one attached hydrogen (secondary N) is 1. The van der Waals surface area contributed by atoms with Crippen LogP contribution >= 0.6 is 0 Å². The Hall–Kier alpha value is -1.51. The van der Waals surface area contributed by atoms with Crippen LogP contribution in [0.5, 0.6) is 5.75 Å². The largest absolute Gasteiger partial charge is 0.490 e. The highest BCUT2D eigenvalue weighted by Gasteiger charge is 2.08. The summed E-state index contributed by atoms with van der Waals surface area (Å²) in [5.74, 6) is 0.750. The molecule has 0 aromatic heterocycles. The Kier molecular flexibility index (Phi) is 4.16. The molecule has 1 aromatic rings. The molecule has 3 heteroatoms. The van der Waals surface area contributed by atoms with Gasteiger partial charge in [0.2, 0.25) is 0 Å². The molecular weight excluding hydrogens is 188 g/mol. The highest BCUT2D eigenvalue weighted by atomic mass is 16.5. The van der Waals surface area contributed by atoms with E-state index >= 15 is 0 Å². The third kappa shape index (κ3) is 3.27. The lowest BCUT2D eigenvalue weighted by molar-refractivity contribution is 0.209. The average Bonchev–Trinajstić information content (AvgIpc) is 2.18. The molecule has 0 aliphatic heterocycles. The number of nitrogen functional groups attached to an aromatic ring is 1. The number of ether oxygens (including phenoxy) is 1. The highest BCUT2D eigenvalue weighted by Crippen LogP contribution is 2.19. The summed E-state index contributed by atoms with van der Waals surface area (Å²) in [7, 11) is 0. The van der Waals surface area contributed by atoms with Crippen molar-refractivity contribution in [3.8, 4) is 5.75 Å². The topological polar surface area (TPSA) is 59.1 Å². The number of hydrogen-bond acceptors (Lipinski definition) is 2. The van der Waals surface area contributed by atoms with E-state index in [1.807, 2.05) is 25.1 Å². The van der Waals surface area contributed by atoms with E-state index in [4.69, 9.17) is 15.9 Å². The molecule has 1 aromatic carbocycles. The predicted octanol–water partition coefficient (Wildman–Crippen LogP) is 2.54. The third-order valence-electron chi connectivity index (χ3n) is 2.20. The second kappa shape index (κ2) is 5.39. The molecule has 3 nitrogen and oxygen atoms in total. The molecule has 0 amide bonds. The summed E-state index contributed by atoms with van der Waals surface area (Å²) in [6, 6.07) is 7.40. The average molecular weight is 206 g/mol. The van der Waals surface area contributed by atoms with Gasteiger partial charge < -0.3 is 10.5 Å². The molecule has 1 atom stereocenters. The molecule has 0 heterocycles. The Morgan fingerprint density at radius 2 is 2.13 bits per heavy atom. The predicted molar refractivity (Wildman–Crippen MR) is 62.5 cm³/mol. The number of nitrogens with two attached hydrogens (primary N) is 1. The van der Waals surface area contributed by atoms with Crippen molar-refractivity contribution < 1.29 is 4.74 Å². The summed E-state index contributed by atoms with van der Waals surface area (Å²) in [5.41, 5.74) is 6.13. The van der Waals surface area contributed by atoms with Crippen molar-refractivity contribution in [3.05, 3.63) is 29.8 Å². The zero-order chi connectivity index (χ0) is 11.3. The molecule has 0 fully saturated rings. The minimum Gasteiger partial charge on any atom is -0.490 e. The van der Waals surface area contributed by atoms with Gasteiger partial charge in [0.25, 0.3) is 0 Å². The van der Waals surface area contributed by atoms with Crippen LogP contribution in [0.25, 0.3) is 0 Å². The van der Waals surface area contributed by atoms with E-state index in [0.29, 0.717) is 11.3 Å². The smallest absolute Gasteiger partial charge is 0.130 e. The van der Waals surface area contributed by atoms with Gasteiger partial charge in [-0.05, 0) is 25.5 Å². The van der Waals surface area contributed by atoms with Gasteiger partial charge in [-0.1, -0.05) is 25.5 Å². The second-order valence-corrected chi connectivity index (χ2v) is 3.63. The van der Waals surface area contributed by atoms with Crippen LogP contribution in [0.15, 0.2) is 24.3 Å². The van der Waals surface area contributed by atoms with Crippen LogP contribution in [0.2, 0.25) is 0 Å². The minimum absolute atomic E-state index is 0.0503. The maximum Gasteiger partial charge on any atom is 0.130 e. The van der Waals surface area contributed by atoms with Crippen LogP contribution in [0, 0.1) is 5.41 Å². The Bertz CT molecular complexity index is 336. The monoisotopic (exact) mass is 206 g/mol. The van der Waals surface area contributed by atoms with Gasteiger partial charge in [0, 0.05) is 0 Å². The minimum atomic E-state index is 0.0503. The number of rotatable bonds is 5. The number of benzene rings is 1. The van der Waals surface area contributed by atoms with E-state index in [1.54, 1.807) is 6.07 Å². The molecule has 0 saturated heterocycles. The van der Waals surface area contributed by atoms with Crippen molar-refractivity contribution in [2.45, 2.75) is 32.8 Å². The van der Waals surface area contributed by atoms with Gasteiger partial charge in [0.15, 0.2) is 0 Å². The maximum atomic E-state index is 7.42. The van der Waals surface area contributed by atoms with Crippen LogP contribution in [0.3, 0.4) is 0 Å². The zero-order valence-corrected chi connectivity index (χ0v) is 9.29. The van der Waals surface area contributed by atoms with Crippen LogP contribution in [0.4, 0.5) is 0 Å². The van der Waals surface area contributed by atoms with E-state index in [2.05, 4.69) is 6.92 Å². The Balaban J connectivity index is 2.79. The quantitative estimate of drug-likeness (QED) is 0.574. The SMILES string of the molecule is CCCC(C)Oc1ccccc1C(=N)N. The molecule has 0 aliphatic rings. The normalized spacial score (nSPS) is 12.1. The molecule has 82 valence electrons. The van der Waals surface area contributed by atoms with Gasteiger partial charge >= 0.3 is 0 Å². The van der Waals surface area contributed by atoms with Gasteiger partial charge in [-0.3, -0.25) is 5.41 Å². The number of hydrogen-bond donors (Lipinski definition) is 2. The van der Waals surface area contributed by atoms with E-state index in [9.17, 15) is 0 Å². The summed E-state index contributed by atoms with van der Waals surface area (Å²) in [5, 5.41) is 7.42. The van der Waals surface area contributed by atoms with Crippen LogP contribution in [0.1, 0.15) is 32.3 Å². The molecule has 15 heavy (non-hydrogen) atoms. The third-order valence-corrected chi connectivity index (χ3v) is 2.20. The number of para-hydroxylation sites is 1. The Morgan fingerprint density at radius 1 is 1.47 bits per heavy atom. The first-order valence-corrected chi connectivity index (χ1v) is 5.25. The van der Waals surface area contributed by atoms with Crippen molar-refractivity contribution in [1.82, 2.24) is 0 Å². The van der Waals surface area contributed by atoms with Gasteiger partial charge in [0.1, 0.15) is 11.6 Å². The van der Waals surface area contributed by atoms with Crippen molar-refractivity contribution in [2.75, 3.05) is 0 Å². The first kappa shape index (κ1) is 11.6. The van der Waals surface area contributed by atoms with Gasteiger partial charge in [-0.2, -0.15) is 0 Å². The van der Waals surface area contributed by atoms with Crippen LogP contribution < -0.4 is 10.5 Å². The summed E-state index contributed by atoms with van der Waals surface area (Å²) in [6.07, 6.45) is 2.26. The fourth-order valence-corrected chi connectivity index (χ4v) is 1.47. The van der Waals surface area contributed by atoms with Crippen LogP contribution in [-0.4, -0.2) is 11.9 Å². The molecule has 3 N–H and O–H groups in total. The van der Waals surface area contributed by atoms with Crippen molar-refractivity contribution in [2.24, 2.45) is 5.73 Å². The molecule has 0 saturated carbocycles. The lowest BCUT2D eigenvalue weighted by Crippen LogP contribution is -2.17. The summed E-state index contributed by atoms with van der Waals surface area (Å²) >= 11 is 0. The van der Waals surface area contributed by atoms with Crippen molar-refractivity contribution in [1.29, 1.82) is 5.41 Å². The van der Waals surface area contributed by atoms with E-state index in [1.165, 1.54) is 0 Å². The van der Waals surface area contributed by atoms with Gasteiger partial charge in [0.05, 0.1) is 11.7 Å². The fraction of sp³-hybridized carbons (Fsp3) is 0.417. The number of amidine groups is 1. The molecule has 0 radical (unpaired) electrons. The first-order valence-electron chi connectivity index (χ1n) is 5.25. The Labute approximate surface area is 90.8 Å². The van der Waals surface area contributed by atoms with E-state index in [0.717, 1.165) is 12.8 Å². The highest BCUT2D eigenvalue weighted by molar-refractivity contribution is 5.97. The summed E-state index contributed by atoms with van der Waals surface area (Å²) < 4.78 is 5.73. The molecule has 0 spiro atoms. The van der Waals surface area contributed by atoms with Gasteiger partial charge in [-0.15, -0.1) is 0 Å². The standard InChI is InChI=1S/C12H18N2O/c1-3-6-9(2)15-11-8-5-4-7-10(11)12(13)14/h4-5,7-9H,3,6H2,1-2H3,(H3,13,14). The lowest BCUT2D eigenvalue weighted by Gasteiger charge is -2.16. The zero-order valence-electron chi connectivity index (χ0n) is 9.29. The summed E-state index contributed by atoms with van der Waals surface area (Å²) in [6.45, 7) is 4.15. The molecule has 1 unspecified atom stereocenters. The maximum absolute atomic E-state index is 7.42. The molecule has 0 aliphatic carbocycles. The fourth-order valence-electron chi connectivity index (χ4n) is 1.47. The van der Waals surface area contributed by atoms with Crippen LogP contribution in [-0.2, 0) is 0 Å². The molecule has 0 bridgehead atoms. The molecular formula is C12H18N2O. The molecule has 1 rings (SSSR count). The summed E-state index contributed by atoms with van der Waals surface area (Å²) in [4.78, 5) is 0. The first-order chi connectivity index (χ1) is 7.15. The van der Waals surface area contributed by atoms with Crippen molar-refractivity contribution in [3.63, 3.8) is 0 Å². The van der Waals surface area contributed by atoms with E-state index < -0.39 is 0 Å². The second-order valence-electron chi connectivity index (χ2n) is 3.63.